The molecule has 0 aliphatic rings. The van der Waals surface area contributed by atoms with Crippen molar-refractivity contribution in [3.8, 4) is 0 Å². The van der Waals surface area contributed by atoms with Gasteiger partial charge in [0, 0.05) is 30.8 Å². The van der Waals surface area contributed by atoms with Gasteiger partial charge in [0.1, 0.15) is 0 Å². The zero-order valence-electron chi connectivity index (χ0n) is 12.3. The fourth-order valence-corrected chi connectivity index (χ4v) is 2.34. The molecule has 4 heteroatoms. The summed E-state index contributed by atoms with van der Waals surface area (Å²) >= 11 is 3.54. The number of carbonyl (C=O) groups is 1. The van der Waals surface area contributed by atoms with Crippen LogP contribution in [0, 0.1) is 0 Å². The lowest BCUT2D eigenvalue weighted by atomic mass is 10.1. The van der Waals surface area contributed by atoms with Gasteiger partial charge in [0.05, 0.1) is 6.42 Å². The molecule has 0 unspecified atom stereocenters. The van der Waals surface area contributed by atoms with Crippen molar-refractivity contribution < 1.29 is 4.79 Å². The van der Waals surface area contributed by atoms with E-state index in [0.717, 1.165) is 22.3 Å². The Hall–Kier alpha value is -1.81. The molecule has 0 saturated carbocycles. The summed E-state index contributed by atoms with van der Waals surface area (Å²) < 4.78 is 1.10. The Morgan fingerprint density at radius 2 is 1.76 bits per heavy atom. The minimum Gasteiger partial charge on any atom is -0.381 e. The molecule has 2 aromatic carbocycles. The Bertz CT molecular complexity index is 608. The summed E-state index contributed by atoms with van der Waals surface area (Å²) in [6.07, 6.45) is 0.442. The fourth-order valence-electron chi connectivity index (χ4n) is 1.91. The number of likely N-dealkylation sites (N-methyl/N-ethyl adjacent to an activating group) is 1. The Morgan fingerprint density at radius 1 is 1.10 bits per heavy atom. The van der Waals surface area contributed by atoms with Crippen molar-refractivity contribution in [1.29, 1.82) is 0 Å². The highest BCUT2D eigenvalue weighted by molar-refractivity contribution is 9.10. The van der Waals surface area contributed by atoms with Gasteiger partial charge in [0.15, 0.2) is 0 Å². The quantitative estimate of drug-likeness (QED) is 0.895. The number of benzene rings is 2. The van der Waals surface area contributed by atoms with Crippen LogP contribution in [0.5, 0.6) is 0 Å². The maximum Gasteiger partial charge on any atom is 0.226 e. The monoisotopic (exact) mass is 346 g/mol. The van der Waals surface area contributed by atoms with Crippen LogP contribution >= 0.6 is 15.9 Å². The van der Waals surface area contributed by atoms with Gasteiger partial charge in [-0.15, -0.1) is 0 Å². The van der Waals surface area contributed by atoms with Crippen molar-refractivity contribution >= 4 is 27.5 Å². The number of anilines is 1. The highest BCUT2D eigenvalue weighted by Crippen LogP contribution is 2.18. The van der Waals surface area contributed by atoms with Crippen molar-refractivity contribution in [3.63, 3.8) is 0 Å². The number of hydrogen-bond acceptors (Lipinski definition) is 2. The van der Waals surface area contributed by atoms with Crippen LogP contribution in [0.2, 0.25) is 0 Å². The van der Waals surface area contributed by atoms with Crippen LogP contribution in [0.15, 0.2) is 53.0 Å². The molecular formula is C17H19BrN2O. The topological polar surface area (TPSA) is 32.3 Å². The van der Waals surface area contributed by atoms with E-state index in [0.29, 0.717) is 6.42 Å². The molecule has 0 spiro atoms. The Kier molecular flexibility index (Phi) is 5.39. The van der Waals surface area contributed by atoms with Crippen LogP contribution in [0.25, 0.3) is 0 Å². The Morgan fingerprint density at radius 3 is 2.38 bits per heavy atom. The Labute approximate surface area is 134 Å². The minimum atomic E-state index is 0.115. The standard InChI is InChI=1S/C17H19BrN2O/c1-20(2)17(21)11-13-7-9-15(10-8-13)19-12-14-5-3-4-6-16(14)18/h3-10,19H,11-12H2,1-2H3. The van der Waals surface area contributed by atoms with E-state index in [1.165, 1.54) is 5.56 Å². The van der Waals surface area contributed by atoms with E-state index in [1.54, 1.807) is 19.0 Å². The zero-order chi connectivity index (χ0) is 15.2. The summed E-state index contributed by atoms with van der Waals surface area (Å²) in [7, 11) is 3.55. The molecule has 21 heavy (non-hydrogen) atoms. The average Bonchev–Trinajstić information content (AvgIpc) is 2.48. The van der Waals surface area contributed by atoms with Crippen LogP contribution in [-0.4, -0.2) is 24.9 Å². The average molecular weight is 347 g/mol. The molecule has 3 nitrogen and oxygen atoms in total. The van der Waals surface area contributed by atoms with E-state index in [2.05, 4.69) is 27.3 Å². The van der Waals surface area contributed by atoms with Crippen LogP contribution in [0.3, 0.4) is 0 Å². The number of carbonyl (C=O) groups excluding carboxylic acids is 1. The third-order valence-corrected chi connectivity index (χ3v) is 4.02. The summed E-state index contributed by atoms with van der Waals surface area (Å²) in [4.78, 5) is 13.3. The summed E-state index contributed by atoms with van der Waals surface area (Å²) in [5.74, 6) is 0.115. The van der Waals surface area contributed by atoms with Crippen molar-refractivity contribution in [3.05, 3.63) is 64.1 Å². The first-order valence-electron chi connectivity index (χ1n) is 6.82. The molecule has 0 heterocycles. The van der Waals surface area contributed by atoms with E-state index < -0.39 is 0 Å². The predicted molar refractivity (Wildman–Crippen MR) is 90.3 cm³/mol. The Balaban J connectivity index is 1.94. The number of rotatable bonds is 5. The van der Waals surface area contributed by atoms with E-state index in [-0.39, 0.29) is 5.91 Å². The molecule has 0 aliphatic carbocycles. The third-order valence-electron chi connectivity index (χ3n) is 3.25. The maximum absolute atomic E-state index is 11.7. The zero-order valence-corrected chi connectivity index (χ0v) is 13.9. The number of nitrogens with zero attached hydrogens (tertiary/aromatic N) is 1. The first kappa shape index (κ1) is 15.6. The number of nitrogens with one attached hydrogen (secondary N) is 1. The molecule has 1 amide bonds. The van der Waals surface area contributed by atoms with Gasteiger partial charge in [-0.3, -0.25) is 4.79 Å². The lowest BCUT2D eigenvalue weighted by Gasteiger charge is -2.11. The van der Waals surface area contributed by atoms with Gasteiger partial charge in [0.25, 0.3) is 0 Å². The van der Waals surface area contributed by atoms with Crippen LogP contribution in [0.1, 0.15) is 11.1 Å². The molecule has 0 bridgehead atoms. The molecule has 0 aromatic heterocycles. The van der Waals surface area contributed by atoms with Crippen molar-refractivity contribution in [1.82, 2.24) is 4.90 Å². The second kappa shape index (κ2) is 7.27. The first-order chi connectivity index (χ1) is 10.1. The fraction of sp³-hybridized carbons (Fsp3) is 0.235. The van der Waals surface area contributed by atoms with E-state index in [1.807, 2.05) is 42.5 Å². The highest BCUT2D eigenvalue weighted by Gasteiger charge is 2.05. The van der Waals surface area contributed by atoms with Crippen LogP contribution < -0.4 is 5.32 Å². The molecule has 2 rings (SSSR count). The predicted octanol–water partition coefficient (Wildman–Crippen LogP) is 3.69. The number of hydrogen-bond donors (Lipinski definition) is 1. The molecule has 0 fully saturated rings. The molecule has 0 atom stereocenters. The molecule has 0 aliphatic heterocycles. The van der Waals surface area contributed by atoms with Gasteiger partial charge in [-0.1, -0.05) is 46.3 Å². The van der Waals surface area contributed by atoms with Gasteiger partial charge in [-0.2, -0.15) is 0 Å². The van der Waals surface area contributed by atoms with Crippen molar-refractivity contribution in [2.24, 2.45) is 0 Å². The molecule has 110 valence electrons. The lowest BCUT2D eigenvalue weighted by Crippen LogP contribution is -2.23. The second-order valence-electron chi connectivity index (χ2n) is 5.11. The molecule has 1 N–H and O–H groups in total. The van der Waals surface area contributed by atoms with Gasteiger partial charge in [-0.05, 0) is 29.3 Å². The van der Waals surface area contributed by atoms with Gasteiger partial charge >= 0.3 is 0 Å². The van der Waals surface area contributed by atoms with Crippen LogP contribution in [-0.2, 0) is 17.8 Å². The van der Waals surface area contributed by atoms with Crippen molar-refractivity contribution in [2.75, 3.05) is 19.4 Å². The van der Waals surface area contributed by atoms with Gasteiger partial charge in [-0.25, -0.2) is 0 Å². The summed E-state index contributed by atoms with van der Waals surface area (Å²) in [5.41, 5.74) is 3.29. The summed E-state index contributed by atoms with van der Waals surface area (Å²) in [6.45, 7) is 0.761. The molecule has 0 saturated heterocycles. The molecule has 0 radical (unpaired) electrons. The summed E-state index contributed by atoms with van der Waals surface area (Å²) in [5, 5.41) is 3.38. The second-order valence-corrected chi connectivity index (χ2v) is 5.96. The lowest BCUT2D eigenvalue weighted by molar-refractivity contribution is -0.127. The number of halogens is 1. The summed E-state index contributed by atoms with van der Waals surface area (Å²) in [6, 6.07) is 16.1. The largest absolute Gasteiger partial charge is 0.381 e. The molecular weight excluding hydrogens is 328 g/mol. The molecule has 2 aromatic rings. The smallest absolute Gasteiger partial charge is 0.226 e. The minimum absolute atomic E-state index is 0.115. The first-order valence-corrected chi connectivity index (χ1v) is 7.62. The third kappa shape index (κ3) is 4.60. The SMILES string of the molecule is CN(C)C(=O)Cc1ccc(NCc2ccccc2Br)cc1. The normalized spacial score (nSPS) is 10.2. The van der Waals surface area contributed by atoms with Gasteiger partial charge < -0.3 is 10.2 Å². The highest BCUT2D eigenvalue weighted by atomic mass is 79.9. The van der Waals surface area contributed by atoms with E-state index in [4.69, 9.17) is 0 Å². The maximum atomic E-state index is 11.7. The van der Waals surface area contributed by atoms with E-state index in [9.17, 15) is 4.79 Å². The van der Waals surface area contributed by atoms with E-state index >= 15 is 0 Å². The number of amides is 1. The van der Waals surface area contributed by atoms with Crippen LogP contribution in [0.4, 0.5) is 5.69 Å². The van der Waals surface area contributed by atoms with Crippen molar-refractivity contribution in [2.45, 2.75) is 13.0 Å². The van der Waals surface area contributed by atoms with Gasteiger partial charge in [0.2, 0.25) is 5.91 Å².